The van der Waals surface area contributed by atoms with Crippen LogP contribution < -0.4 is 10.6 Å². The fraction of sp³-hybridized carbons (Fsp3) is 0.182. The van der Waals surface area contributed by atoms with E-state index in [0.717, 1.165) is 11.1 Å². The van der Waals surface area contributed by atoms with Gasteiger partial charge in [0.2, 0.25) is 11.8 Å². The minimum atomic E-state index is -0.550. The van der Waals surface area contributed by atoms with Crippen molar-refractivity contribution in [2.45, 2.75) is 19.4 Å². The molecule has 4 rings (SSSR count). The Morgan fingerprint density at radius 2 is 1.93 bits per heavy atom. The van der Waals surface area contributed by atoms with Crippen LogP contribution in [0.5, 0.6) is 0 Å². The molecular weight excluding hydrogens is 376 g/mol. The van der Waals surface area contributed by atoms with Gasteiger partial charge in [0.15, 0.2) is 0 Å². The van der Waals surface area contributed by atoms with Gasteiger partial charge in [-0.2, -0.15) is 0 Å². The quantitative estimate of drug-likeness (QED) is 0.592. The molecule has 7 heteroatoms. The van der Waals surface area contributed by atoms with Crippen molar-refractivity contribution in [3.05, 3.63) is 65.2 Å². The van der Waals surface area contributed by atoms with Crippen LogP contribution in [-0.2, 0) is 9.59 Å². The highest BCUT2D eigenvalue weighted by Gasteiger charge is 2.24. The van der Waals surface area contributed by atoms with Gasteiger partial charge in [-0.1, -0.05) is 0 Å². The summed E-state index contributed by atoms with van der Waals surface area (Å²) in [7, 11) is 0. The topological polar surface area (TPSA) is 74.0 Å². The lowest BCUT2D eigenvalue weighted by Crippen LogP contribution is -2.39. The number of hydrogen-bond donors (Lipinski definition) is 3. The highest BCUT2D eigenvalue weighted by Crippen LogP contribution is 2.33. The van der Waals surface area contributed by atoms with Crippen LogP contribution in [0.1, 0.15) is 17.5 Å². The summed E-state index contributed by atoms with van der Waals surface area (Å²) in [6.07, 6.45) is 3.44. The van der Waals surface area contributed by atoms with E-state index in [0.29, 0.717) is 35.2 Å². The van der Waals surface area contributed by atoms with Crippen LogP contribution in [-0.4, -0.2) is 29.4 Å². The second-order valence-electron chi connectivity index (χ2n) is 7.04. The summed E-state index contributed by atoms with van der Waals surface area (Å²) in [5.41, 5.74) is 3.42. The second-order valence-corrected chi connectivity index (χ2v) is 7.04. The molecular formula is C22H19F2N3O2. The van der Waals surface area contributed by atoms with Crippen molar-refractivity contribution >= 4 is 28.8 Å². The first-order valence-corrected chi connectivity index (χ1v) is 9.26. The fourth-order valence-corrected chi connectivity index (χ4v) is 3.58. The van der Waals surface area contributed by atoms with E-state index >= 15 is 0 Å². The predicted octanol–water partition coefficient (Wildman–Crippen LogP) is 3.44. The first kappa shape index (κ1) is 18.9. The zero-order valence-electron chi connectivity index (χ0n) is 15.7. The molecule has 1 aliphatic rings. The molecule has 0 aliphatic carbocycles. The van der Waals surface area contributed by atoms with E-state index < -0.39 is 11.9 Å². The molecule has 1 aromatic heterocycles. The number of carbonyl (C=O) groups is 2. The maximum atomic E-state index is 14.0. The number of aryl methyl sites for hydroxylation is 1. The molecule has 1 saturated heterocycles. The minimum absolute atomic E-state index is 0.205. The molecule has 29 heavy (non-hydrogen) atoms. The van der Waals surface area contributed by atoms with E-state index in [1.165, 1.54) is 30.3 Å². The van der Waals surface area contributed by atoms with E-state index in [1.807, 2.05) is 0 Å². The van der Waals surface area contributed by atoms with Crippen molar-refractivity contribution in [1.29, 1.82) is 0 Å². The lowest BCUT2D eigenvalue weighted by molar-refractivity contribution is -0.125. The number of hydrogen-bond acceptors (Lipinski definition) is 2. The zero-order chi connectivity index (χ0) is 20.5. The third kappa shape index (κ3) is 3.76. The molecule has 3 aromatic rings. The fourth-order valence-electron chi connectivity index (χ4n) is 3.58. The largest absolute Gasteiger partial charge is 0.354 e. The Bertz CT molecular complexity index is 1130. The van der Waals surface area contributed by atoms with Gasteiger partial charge >= 0.3 is 0 Å². The van der Waals surface area contributed by atoms with Crippen molar-refractivity contribution < 1.29 is 18.4 Å². The van der Waals surface area contributed by atoms with E-state index in [9.17, 15) is 18.4 Å². The van der Waals surface area contributed by atoms with Crippen LogP contribution in [0.25, 0.3) is 28.2 Å². The van der Waals surface area contributed by atoms with Crippen LogP contribution in [0.15, 0.2) is 42.5 Å². The number of benzene rings is 2. The molecule has 0 bridgehead atoms. The molecule has 0 radical (unpaired) electrons. The summed E-state index contributed by atoms with van der Waals surface area (Å²) in [6, 6.07) is 8.18. The summed E-state index contributed by atoms with van der Waals surface area (Å²) in [5, 5.41) is 5.93. The van der Waals surface area contributed by atoms with Gasteiger partial charge in [0.05, 0.1) is 5.69 Å². The van der Waals surface area contributed by atoms with Crippen molar-refractivity contribution in [2.24, 2.45) is 0 Å². The molecule has 2 amide bonds. The van der Waals surface area contributed by atoms with Gasteiger partial charge in [-0.25, -0.2) is 8.78 Å². The van der Waals surface area contributed by atoms with Crippen LogP contribution in [0, 0.1) is 18.6 Å². The normalized spacial score (nSPS) is 16.5. The first-order valence-electron chi connectivity index (χ1n) is 9.26. The van der Waals surface area contributed by atoms with Crippen molar-refractivity contribution in [3.63, 3.8) is 0 Å². The van der Waals surface area contributed by atoms with E-state index in [-0.39, 0.29) is 17.5 Å². The Kier molecular flexibility index (Phi) is 4.88. The average Bonchev–Trinajstić information content (AvgIpc) is 3.24. The number of aromatic nitrogens is 1. The smallest absolute Gasteiger partial charge is 0.244 e. The zero-order valence-corrected chi connectivity index (χ0v) is 15.7. The standard InChI is InChI=1S/C22H19F2N3O2/c1-12-10-15(24)11-17-16(6-7-19(28)26-18-8-9-25-22(18)29)21(27-20(12)17)13-2-4-14(23)5-3-13/h2-7,10-11,18,27H,8-9H2,1H3,(H,25,29)(H,26,28)/b7-6+. The molecule has 3 N–H and O–H groups in total. The van der Waals surface area contributed by atoms with Crippen LogP contribution >= 0.6 is 0 Å². The number of nitrogens with one attached hydrogen (secondary N) is 3. The molecule has 2 aromatic carbocycles. The molecule has 2 heterocycles. The number of amides is 2. The Balaban J connectivity index is 1.74. The third-order valence-electron chi connectivity index (χ3n) is 5.01. The minimum Gasteiger partial charge on any atom is -0.354 e. The molecule has 1 atom stereocenters. The molecule has 1 aliphatic heterocycles. The number of aromatic amines is 1. The van der Waals surface area contributed by atoms with Gasteiger partial charge < -0.3 is 15.6 Å². The molecule has 0 spiro atoms. The lowest BCUT2D eigenvalue weighted by Gasteiger charge is -2.07. The van der Waals surface area contributed by atoms with Crippen LogP contribution in [0.2, 0.25) is 0 Å². The van der Waals surface area contributed by atoms with Crippen molar-refractivity contribution in [2.75, 3.05) is 6.54 Å². The number of H-pyrrole nitrogens is 1. The predicted molar refractivity (Wildman–Crippen MR) is 107 cm³/mol. The molecule has 0 saturated carbocycles. The highest BCUT2D eigenvalue weighted by molar-refractivity contribution is 6.02. The summed E-state index contributed by atoms with van der Waals surface area (Å²) in [5.74, 6) is -1.37. The van der Waals surface area contributed by atoms with Gasteiger partial charge in [-0.3, -0.25) is 9.59 Å². The molecule has 1 unspecified atom stereocenters. The maximum Gasteiger partial charge on any atom is 0.244 e. The van der Waals surface area contributed by atoms with Gasteiger partial charge in [0.1, 0.15) is 17.7 Å². The third-order valence-corrected chi connectivity index (χ3v) is 5.01. The monoisotopic (exact) mass is 395 g/mol. The van der Waals surface area contributed by atoms with E-state index in [4.69, 9.17) is 0 Å². The maximum absolute atomic E-state index is 14.0. The SMILES string of the molecule is Cc1cc(F)cc2c(/C=C/C(=O)NC3CCNC3=O)c(-c3ccc(F)cc3)[nH]c12. The number of carbonyl (C=O) groups excluding carboxylic acids is 2. The van der Waals surface area contributed by atoms with Crippen LogP contribution in [0.4, 0.5) is 8.78 Å². The first-order chi connectivity index (χ1) is 13.9. The Hall–Kier alpha value is -3.48. The lowest BCUT2D eigenvalue weighted by atomic mass is 10.0. The second kappa shape index (κ2) is 7.50. The number of rotatable bonds is 4. The van der Waals surface area contributed by atoms with Gasteiger partial charge in [0.25, 0.3) is 0 Å². The Morgan fingerprint density at radius 3 is 2.62 bits per heavy atom. The summed E-state index contributed by atoms with van der Waals surface area (Å²) in [6.45, 7) is 2.32. The van der Waals surface area contributed by atoms with Gasteiger partial charge in [0, 0.05) is 29.1 Å². The Morgan fingerprint density at radius 1 is 1.17 bits per heavy atom. The highest BCUT2D eigenvalue weighted by atomic mass is 19.1. The Labute approximate surface area is 165 Å². The molecule has 1 fully saturated rings. The molecule has 148 valence electrons. The van der Waals surface area contributed by atoms with Gasteiger partial charge in [-0.05, 0) is 66.9 Å². The van der Waals surface area contributed by atoms with Crippen LogP contribution in [0.3, 0.4) is 0 Å². The summed E-state index contributed by atoms with van der Waals surface area (Å²) >= 11 is 0. The number of halogens is 2. The van der Waals surface area contributed by atoms with Crippen molar-refractivity contribution in [1.82, 2.24) is 15.6 Å². The van der Waals surface area contributed by atoms with E-state index in [2.05, 4.69) is 15.6 Å². The van der Waals surface area contributed by atoms with E-state index in [1.54, 1.807) is 25.1 Å². The summed E-state index contributed by atoms with van der Waals surface area (Å²) < 4.78 is 27.4. The van der Waals surface area contributed by atoms with Gasteiger partial charge in [-0.15, -0.1) is 0 Å². The number of fused-ring (bicyclic) bond motifs is 1. The van der Waals surface area contributed by atoms with Crippen molar-refractivity contribution in [3.8, 4) is 11.3 Å². The summed E-state index contributed by atoms with van der Waals surface area (Å²) in [4.78, 5) is 27.2. The molecule has 5 nitrogen and oxygen atoms in total. The average molecular weight is 395 g/mol.